The molecule has 35 heavy (non-hydrogen) atoms. The van der Waals surface area contributed by atoms with E-state index in [4.69, 9.17) is 4.74 Å². The summed E-state index contributed by atoms with van der Waals surface area (Å²) in [6, 6.07) is 14.7. The zero-order chi connectivity index (χ0) is 25.2. The van der Waals surface area contributed by atoms with Crippen molar-refractivity contribution in [1.82, 2.24) is 14.5 Å². The second-order valence-electron chi connectivity index (χ2n) is 9.68. The molecule has 0 saturated heterocycles. The van der Waals surface area contributed by atoms with Crippen molar-refractivity contribution in [3.05, 3.63) is 77.1 Å². The van der Waals surface area contributed by atoms with Crippen molar-refractivity contribution in [2.45, 2.75) is 63.7 Å². The summed E-state index contributed by atoms with van der Waals surface area (Å²) in [7, 11) is -2.08. The van der Waals surface area contributed by atoms with E-state index in [1.165, 1.54) is 0 Å². The molecule has 0 radical (unpaired) electrons. The number of nitrogens with zero attached hydrogens (tertiary/aromatic N) is 3. The van der Waals surface area contributed by atoms with Gasteiger partial charge in [0.15, 0.2) is 0 Å². The molecule has 0 atom stereocenters. The SMILES string of the molecule is COc1ccc(C(=O)N(Cc2cnc(S(=O)(=O)Cc3cccc(C)c3)n2CC(C)C)C2CC2)cc1. The summed E-state index contributed by atoms with van der Waals surface area (Å²) in [5, 5.41) is 0.0651. The molecule has 0 bridgehead atoms. The predicted octanol–water partition coefficient (Wildman–Crippen LogP) is 4.63. The van der Waals surface area contributed by atoms with E-state index in [1.807, 2.05) is 49.9 Å². The Morgan fingerprint density at radius 3 is 2.49 bits per heavy atom. The van der Waals surface area contributed by atoms with Crippen LogP contribution < -0.4 is 4.74 Å². The number of imidazole rings is 1. The highest BCUT2D eigenvalue weighted by atomic mass is 32.2. The van der Waals surface area contributed by atoms with E-state index in [0.717, 1.165) is 29.7 Å². The van der Waals surface area contributed by atoms with Crippen molar-refractivity contribution in [2.75, 3.05) is 7.11 Å². The first-order chi connectivity index (χ1) is 16.7. The van der Waals surface area contributed by atoms with Crippen LogP contribution in [0, 0.1) is 12.8 Å². The molecular formula is C27H33N3O4S. The number of methoxy groups -OCH3 is 1. The number of aromatic nitrogens is 2. The van der Waals surface area contributed by atoms with Crippen LogP contribution in [-0.2, 0) is 28.7 Å². The maximum Gasteiger partial charge on any atom is 0.254 e. The van der Waals surface area contributed by atoms with E-state index in [9.17, 15) is 13.2 Å². The Morgan fingerprint density at radius 2 is 1.89 bits per heavy atom. The molecule has 1 aromatic heterocycles. The van der Waals surface area contributed by atoms with Gasteiger partial charge in [0.1, 0.15) is 5.75 Å². The molecule has 1 heterocycles. The zero-order valence-corrected chi connectivity index (χ0v) is 21.6. The number of hydrogen-bond acceptors (Lipinski definition) is 5. The summed E-state index contributed by atoms with van der Waals surface area (Å²) in [4.78, 5) is 19.6. The van der Waals surface area contributed by atoms with Gasteiger partial charge in [0.05, 0.1) is 31.3 Å². The van der Waals surface area contributed by atoms with Gasteiger partial charge in [-0.3, -0.25) is 4.79 Å². The van der Waals surface area contributed by atoms with Gasteiger partial charge < -0.3 is 14.2 Å². The largest absolute Gasteiger partial charge is 0.497 e. The lowest BCUT2D eigenvalue weighted by molar-refractivity contribution is 0.0725. The fraction of sp³-hybridized carbons (Fsp3) is 0.407. The molecule has 186 valence electrons. The summed E-state index contributed by atoms with van der Waals surface area (Å²) >= 11 is 0. The fourth-order valence-corrected chi connectivity index (χ4v) is 5.73. The quantitative estimate of drug-likeness (QED) is 0.409. The second kappa shape index (κ2) is 10.2. The van der Waals surface area contributed by atoms with Crippen molar-refractivity contribution in [2.24, 2.45) is 5.92 Å². The van der Waals surface area contributed by atoms with Crippen molar-refractivity contribution in [3.8, 4) is 5.75 Å². The van der Waals surface area contributed by atoms with Crippen LogP contribution in [0.4, 0.5) is 0 Å². The number of benzene rings is 2. The summed E-state index contributed by atoms with van der Waals surface area (Å²) in [5.41, 5.74) is 3.07. The van der Waals surface area contributed by atoms with E-state index in [0.29, 0.717) is 24.4 Å². The molecular weight excluding hydrogens is 462 g/mol. The molecule has 0 spiro atoms. The van der Waals surface area contributed by atoms with Crippen molar-refractivity contribution in [1.29, 1.82) is 0 Å². The summed E-state index contributed by atoms with van der Waals surface area (Å²) in [6.07, 6.45) is 3.50. The predicted molar refractivity (Wildman–Crippen MR) is 135 cm³/mol. The van der Waals surface area contributed by atoms with Gasteiger partial charge in [-0.2, -0.15) is 0 Å². The topological polar surface area (TPSA) is 81.5 Å². The monoisotopic (exact) mass is 495 g/mol. The Morgan fingerprint density at radius 1 is 1.17 bits per heavy atom. The van der Waals surface area contributed by atoms with Crippen LogP contribution in [-0.4, -0.2) is 41.9 Å². The average molecular weight is 496 g/mol. The molecule has 2 aromatic carbocycles. The van der Waals surface area contributed by atoms with E-state index in [2.05, 4.69) is 4.98 Å². The van der Waals surface area contributed by atoms with Gasteiger partial charge in [-0.15, -0.1) is 0 Å². The highest BCUT2D eigenvalue weighted by Gasteiger charge is 2.35. The number of sulfone groups is 1. The van der Waals surface area contributed by atoms with Crippen molar-refractivity contribution in [3.63, 3.8) is 0 Å². The molecule has 0 N–H and O–H groups in total. The molecule has 1 saturated carbocycles. The van der Waals surface area contributed by atoms with Crippen LogP contribution in [0.5, 0.6) is 5.75 Å². The third-order valence-electron chi connectivity index (χ3n) is 6.08. The minimum Gasteiger partial charge on any atom is -0.497 e. The van der Waals surface area contributed by atoms with E-state index < -0.39 is 9.84 Å². The van der Waals surface area contributed by atoms with E-state index in [-0.39, 0.29) is 28.8 Å². The number of ether oxygens (including phenoxy) is 1. The molecule has 3 aromatic rings. The minimum absolute atomic E-state index is 0.0651. The van der Waals surface area contributed by atoms with Crippen LogP contribution in [0.2, 0.25) is 0 Å². The highest BCUT2D eigenvalue weighted by molar-refractivity contribution is 7.90. The molecule has 7 nitrogen and oxygen atoms in total. The van der Waals surface area contributed by atoms with Gasteiger partial charge in [-0.1, -0.05) is 43.7 Å². The molecule has 1 aliphatic rings. The summed E-state index contributed by atoms with van der Waals surface area (Å²) < 4.78 is 33.8. The highest BCUT2D eigenvalue weighted by Crippen LogP contribution is 2.31. The third-order valence-corrected chi connectivity index (χ3v) is 7.68. The lowest BCUT2D eigenvalue weighted by Crippen LogP contribution is -2.33. The van der Waals surface area contributed by atoms with Gasteiger partial charge in [-0.05, 0) is 55.5 Å². The van der Waals surface area contributed by atoms with E-state index in [1.54, 1.807) is 42.1 Å². The van der Waals surface area contributed by atoms with Crippen molar-refractivity contribution >= 4 is 15.7 Å². The number of aryl methyl sites for hydroxylation is 1. The standard InChI is InChI=1S/C27H33N3O4S/c1-19(2)16-30-24(15-28-27(30)35(32,33)18-21-7-5-6-20(3)14-21)17-29(23-10-11-23)26(31)22-8-12-25(34-4)13-9-22/h5-9,12-15,19,23H,10-11,16-18H2,1-4H3. The normalized spacial score (nSPS) is 13.7. The second-order valence-corrected chi connectivity index (χ2v) is 11.6. The van der Waals surface area contributed by atoms with Gasteiger partial charge >= 0.3 is 0 Å². The van der Waals surface area contributed by atoms with Gasteiger partial charge in [0.25, 0.3) is 5.91 Å². The molecule has 0 unspecified atom stereocenters. The molecule has 0 aliphatic heterocycles. The first-order valence-corrected chi connectivity index (χ1v) is 13.6. The van der Waals surface area contributed by atoms with Gasteiger partial charge in [0.2, 0.25) is 15.0 Å². The number of rotatable bonds is 10. The fourth-order valence-electron chi connectivity index (χ4n) is 4.24. The lowest BCUT2D eigenvalue weighted by Gasteiger charge is -2.24. The maximum atomic E-state index is 13.4. The molecule has 8 heteroatoms. The van der Waals surface area contributed by atoms with Crippen molar-refractivity contribution < 1.29 is 17.9 Å². The van der Waals surface area contributed by atoms with Crippen LogP contribution in [0.15, 0.2) is 59.9 Å². The summed E-state index contributed by atoms with van der Waals surface area (Å²) in [6.45, 7) is 6.85. The minimum atomic E-state index is -3.67. The lowest BCUT2D eigenvalue weighted by atomic mass is 10.1. The van der Waals surface area contributed by atoms with Crippen LogP contribution >= 0.6 is 0 Å². The Labute approximate surface area is 207 Å². The zero-order valence-electron chi connectivity index (χ0n) is 20.8. The van der Waals surface area contributed by atoms with Crippen LogP contribution in [0.25, 0.3) is 0 Å². The number of carbonyl (C=O) groups excluding carboxylic acids is 1. The van der Waals surface area contributed by atoms with Gasteiger partial charge in [-0.25, -0.2) is 13.4 Å². The van der Waals surface area contributed by atoms with Crippen LogP contribution in [0.3, 0.4) is 0 Å². The van der Waals surface area contributed by atoms with Gasteiger partial charge in [0, 0.05) is 18.2 Å². The first kappa shape index (κ1) is 25.0. The molecule has 1 fully saturated rings. The number of amides is 1. The summed E-state index contributed by atoms with van der Waals surface area (Å²) in [5.74, 6) is 0.720. The average Bonchev–Trinajstić information content (AvgIpc) is 3.57. The molecule has 4 rings (SSSR count). The Bertz CT molecular complexity index is 1290. The number of carbonyl (C=O) groups is 1. The Kier molecular flexibility index (Phi) is 7.31. The molecule has 1 aliphatic carbocycles. The number of hydrogen-bond donors (Lipinski definition) is 0. The first-order valence-electron chi connectivity index (χ1n) is 12.0. The molecule has 1 amide bonds. The smallest absolute Gasteiger partial charge is 0.254 e. The third kappa shape index (κ3) is 5.93. The Balaban J connectivity index is 1.64. The Hall–Kier alpha value is -3.13. The van der Waals surface area contributed by atoms with E-state index >= 15 is 0 Å². The van der Waals surface area contributed by atoms with Crippen LogP contribution in [0.1, 0.15) is 53.9 Å². The maximum absolute atomic E-state index is 13.4.